The molecule has 1 aromatic heterocycles. The molecule has 2 saturated heterocycles. The van der Waals surface area contributed by atoms with Crippen molar-refractivity contribution in [3.63, 3.8) is 0 Å². The lowest BCUT2D eigenvalue weighted by atomic mass is 9.92. The van der Waals surface area contributed by atoms with Crippen molar-refractivity contribution in [1.82, 2.24) is 19.6 Å². The van der Waals surface area contributed by atoms with Crippen molar-refractivity contribution in [2.75, 3.05) is 32.9 Å². The second-order valence-electron chi connectivity index (χ2n) is 10.8. The SMILES string of the molecule is Cc1ccccc1OC1CCN(C(=O)Cn2nc(C(=O)N3CCC(O)(CF)CC3)c3c2CCCC3)CC1. The van der Waals surface area contributed by atoms with E-state index in [9.17, 15) is 19.1 Å². The van der Waals surface area contributed by atoms with Crippen molar-refractivity contribution in [3.8, 4) is 5.75 Å². The van der Waals surface area contributed by atoms with Gasteiger partial charge in [0.05, 0.1) is 5.60 Å². The van der Waals surface area contributed by atoms with Crippen molar-refractivity contribution in [2.45, 2.75) is 76.5 Å². The maximum atomic E-state index is 13.3. The summed E-state index contributed by atoms with van der Waals surface area (Å²) in [5.74, 6) is 0.727. The maximum Gasteiger partial charge on any atom is 0.274 e. The normalized spacial score (nSPS) is 20.0. The van der Waals surface area contributed by atoms with Crippen LogP contribution in [-0.4, -0.2) is 81.1 Å². The van der Waals surface area contributed by atoms with Gasteiger partial charge in [0.2, 0.25) is 5.91 Å². The fraction of sp³-hybridized carbons (Fsp3) is 0.607. The highest BCUT2D eigenvalue weighted by Gasteiger charge is 2.36. The molecule has 1 aliphatic carbocycles. The van der Waals surface area contributed by atoms with Crippen LogP contribution in [0.15, 0.2) is 24.3 Å². The number of likely N-dealkylation sites (tertiary alicyclic amines) is 2. The average Bonchev–Trinajstić information content (AvgIpc) is 3.28. The predicted octanol–water partition coefficient (Wildman–Crippen LogP) is 3.08. The van der Waals surface area contributed by atoms with Gasteiger partial charge in [-0.3, -0.25) is 14.3 Å². The summed E-state index contributed by atoms with van der Waals surface area (Å²) in [6.45, 7) is 3.24. The second-order valence-corrected chi connectivity index (χ2v) is 10.8. The fourth-order valence-electron chi connectivity index (χ4n) is 5.70. The van der Waals surface area contributed by atoms with E-state index in [-0.39, 0.29) is 37.3 Å². The molecular formula is C28H37FN4O4. The lowest BCUT2D eigenvalue weighted by molar-refractivity contribution is -0.133. The minimum Gasteiger partial charge on any atom is -0.490 e. The first-order valence-corrected chi connectivity index (χ1v) is 13.5. The quantitative estimate of drug-likeness (QED) is 0.643. The highest BCUT2D eigenvalue weighted by Crippen LogP contribution is 2.29. The molecule has 9 heteroatoms. The molecule has 3 aliphatic rings. The van der Waals surface area contributed by atoms with Gasteiger partial charge in [0, 0.05) is 50.3 Å². The van der Waals surface area contributed by atoms with Crippen molar-refractivity contribution in [3.05, 3.63) is 46.8 Å². The Balaban J connectivity index is 1.22. The number of nitrogens with zero attached hydrogens (tertiary/aromatic N) is 4. The molecule has 2 amide bonds. The van der Waals surface area contributed by atoms with Crippen LogP contribution in [0.1, 0.15) is 65.8 Å². The van der Waals surface area contributed by atoms with Gasteiger partial charge < -0.3 is 19.6 Å². The molecule has 200 valence electrons. The van der Waals surface area contributed by atoms with Gasteiger partial charge in [-0.2, -0.15) is 5.10 Å². The van der Waals surface area contributed by atoms with Crippen LogP contribution in [0.25, 0.3) is 0 Å². The minimum atomic E-state index is -1.33. The van der Waals surface area contributed by atoms with Crippen molar-refractivity contribution >= 4 is 11.8 Å². The maximum absolute atomic E-state index is 13.3. The number of halogens is 1. The lowest BCUT2D eigenvalue weighted by Gasteiger charge is -2.36. The first-order chi connectivity index (χ1) is 17.9. The van der Waals surface area contributed by atoms with E-state index in [0.29, 0.717) is 31.9 Å². The molecule has 0 spiro atoms. The number of rotatable bonds is 6. The van der Waals surface area contributed by atoms with Gasteiger partial charge in [0.25, 0.3) is 5.91 Å². The van der Waals surface area contributed by atoms with Crippen LogP contribution in [0.4, 0.5) is 4.39 Å². The number of ether oxygens (including phenoxy) is 1. The van der Waals surface area contributed by atoms with E-state index in [1.807, 2.05) is 36.1 Å². The van der Waals surface area contributed by atoms with Gasteiger partial charge in [0.1, 0.15) is 25.1 Å². The number of hydrogen-bond donors (Lipinski definition) is 1. The third kappa shape index (κ3) is 5.51. The Morgan fingerprint density at radius 2 is 1.78 bits per heavy atom. The molecule has 0 saturated carbocycles. The van der Waals surface area contributed by atoms with E-state index < -0.39 is 12.3 Å². The summed E-state index contributed by atoms with van der Waals surface area (Å²) in [7, 11) is 0. The molecule has 1 aromatic carbocycles. The molecule has 3 heterocycles. The third-order valence-electron chi connectivity index (χ3n) is 8.16. The standard InChI is InChI=1S/C28H37FN4O4/c1-20-6-2-5-9-24(20)37-21-10-14-31(15-11-21)25(34)18-33-23-8-4-3-7-22(23)26(30-33)27(35)32-16-12-28(36,19-29)13-17-32/h2,5-6,9,21,36H,3-4,7-8,10-19H2,1H3. The number of amides is 2. The number of fused-ring (bicyclic) bond motifs is 1. The number of aryl methyl sites for hydroxylation is 1. The van der Waals surface area contributed by atoms with E-state index in [1.54, 1.807) is 9.58 Å². The van der Waals surface area contributed by atoms with Gasteiger partial charge in [-0.05, 0) is 57.1 Å². The van der Waals surface area contributed by atoms with Crippen LogP contribution in [0, 0.1) is 6.92 Å². The van der Waals surface area contributed by atoms with Crippen molar-refractivity contribution < 1.29 is 23.8 Å². The Morgan fingerprint density at radius 1 is 1.08 bits per heavy atom. The Bertz CT molecular complexity index is 1130. The van der Waals surface area contributed by atoms with Crippen LogP contribution in [0.2, 0.25) is 0 Å². The van der Waals surface area contributed by atoms with E-state index in [0.717, 1.165) is 61.1 Å². The van der Waals surface area contributed by atoms with Gasteiger partial charge in [-0.1, -0.05) is 18.2 Å². The van der Waals surface area contributed by atoms with Crippen LogP contribution in [0.5, 0.6) is 5.75 Å². The van der Waals surface area contributed by atoms with E-state index >= 15 is 0 Å². The van der Waals surface area contributed by atoms with Gasteiger partial charge in [-0.25, -0.2) is 4.39 Å². The van der Waals surface area contributed by atoms with Crippen LogP contribution < -0.4 is 4.74 Å². The number of hydrogen-bond acceptors (Lipinski definition) is 5. The highest BCUT2D eigenvalue weighted by molar-refractivity contribution is 5.94. The molecular weight excluding hydrogens is 475 g/mol. The third-order valence-corrected chi connectivity index (χ3v) is 8.16. The number of carbonyl (C=O) groups is 2. The molecule has 1 N–H and O–H groups in total. The summed E-state index contributed by atoms with van der Waals surface area (Å²) in [4.78, 5) is 30.1. The van der Waals surface area contributed by atoms with Gasteiger partial charge in [0.15, 0.2) is 5.69 Å². The monoisotopic (exact) mass is 512 g/mol. The number of piperidine rings is 2. The minimum absolute atomic E-state index is 0.00944. The topological polar surface area (TPSA) is 87.9 Å². The first kappa shape index (κ1) is 25.7. The first-order valence-electron chi connectivity index (χ1n) is 13.5. The fourth-order valence-corrected chi connectivity index (χ4v) is 5.70. The number of aromatic nitrogens is 2. The summed E-state index contributed by atoms with van der Waals surface area (Å²) in [6, 6.07) is 7.99. The highest BCUT2D eigenvalue weighted by atomic mass is 19.1. The molecule has 37 heavy (non-hydrogen) atoms. The Kier molecular flexibility index (Phi) is 7.51. The Morgan fingerprint density at radius 3 is 2.49 bits per heavy atom. The zero-order valence-corrected chi connectivity index (χ0v) is 21.6. The summed E-state index contributed by atoms with van der Waals surface area (Å²) in [5, 5.41) is 14.8. The molecule has 0 bridgehead atoms. The average molecular weight is 513 g/mol. The summed E-state index contributed by atoms with van der Waals surface area (Å²) >= 11 is 0. The molecule has 0 unspecified atom stereocenters. The lowest BCUT2D eigenvalue weighted by Crippen LogP contribution is -2.48. The molecule has 0 radical (unpaired) electrons. The Labute approximate surface area is 217 Å². The molecule has 0 atom stereocenters. The summed E-state index contributed by atoms with van der Waals surface area (Å²) < 4.78 is 21.1. The van der Waals surface area contributed by atoms with Crippen molar-refractivity contribution in [2.24, 2.45) is 0 Å². The number of carbonyl (C=O) groups excluding carboxylic acids is 2. The molecule has 5 rings (SSSR count). The largest absolute Gasteiger partial charge is 0.490 e. The van der Waals surface area contributed by atoms with Gasteiger partial charge in [-0.15, -0.1) is 0 Å². The molecule has 2 aliphatic heterocycles. The zero-order chi connectivity index (χ0) is 26.0. The number of aliphatic hydroxyl groups is 1. The molecule has 8 nitrogen and oxygen atoms in total. The number of benzene rings is 1. The van der Waals surface area contributed by atoms with Crippen LogP contribution in [0.3, 0.4) is 0 Å². The number of alkyl halides is 1. The summed E-state index contributed by atoms with van der Waals surface area (Å²) in [5.41, 5.74) is 2.12. The molecule has 2 fully saturated rings. The second kappa shape index (κ2) is 10.8. The zero-order valence-electron chi connectivity index (χ0n) is 21.6. The molecule has 2 aromatic rings. The smallest absolute Gasteiger partial charge is 0.274 e. The van der Waals surface area contributed by atoms with E-state index in [2.05, 4.69) is 5.10 Å². The van der Waals surface area contributed by atoms with Crippen LogP contribution in [-0.2, 0) is 24.2 Å². The van der Waals surface area contributed by atoms with Crippen molar-refractivity contribution in [1.29, 1.82) is 0 Å². The Hall–Kier alpha value is -2.94. The van der Waals surface area contributed by atoms with Crippen LogP contribution >= 0.6 is 0 Å². The van der Waals surface area contributed by atoms with E-state index in [4.69, 9.17) is 4.74 Å². The number of para-hydroxylation sites is 1. The van der Waals surface area contributed by atoms with Gasteiger partial charge >= 0.3 is 0 Å². The summed E-state index contributed by atoms with van der Waals surface area (Å²) in [6.07, 6.45) is 5.67. The van der Waals surface area contributed by atoms with E-state index in [1.165, 1.54) is 0 Å². The predicted molar refractivity (Wildman–Crippen MR) is 136 cm³/mol.